The Balaban J connectivity index is 1.71. The minimum Gasteiger partial charge on any atom is -0.445 e. The molecule has 4 nitrogen and oxygen atoms in total. The Bertz CT molecular complexity index is 366. The van der Waals surface area contributed by atoms with Gasteiger partial charge in [-0.05, 0) is 24.8 Å². The number of ether oxygens (including phenoxy) is 1. The minimum absolute atomic E-state index is 0.0493. The summed E-state index contributed by atoms with van der Waals surface area (Å²) in [5.41, 5.74) is 0.967. The van der Waals surface area contributed by atoms with Crippen molar-refractivity contribution in [1.82, 2.24) is 5.32 Å². The Morgan fingerprint density at radius 2 is 2.12 bits per heavy atom. The second-order valence-electron chi connectivity index (χ2n) is 4.37. The van der Waals surface area contributed by atoms with Crippen molar-refractivity contribution in [3.63, 3.8) is 0 Å². The van der Waals surface area contributed by atoms with Crippen LogP contribution in [0.4, 0.5) is 4.79 Å². The molecule has 0 heterocycles. The third kappa shape index (κ3) is 3.75. The second kappa shape index (κ2) is 5.68. The zero-order chi connectivity index (χ0) is 12.1. The molecule has 0 radical (unpaired) electrons. The predicted octanol–water partition coefficient (Wildman–Crippen LogP) is 1.83. The summed E-state index contributed by atoms with van der Waals surface area (Å²) in [6.45, 7) is 0.280. The molecule has 2 N–H and O–H groups in total. The average Bonchev–Trinajstić information content (AvgIpc) is 2.73. The van der Waals surface area contributed by atoms with Crippen LogP contribution in [-0.2, 0) is 11.3 Å². The first-order valence-electron chi connectivity index (χ1n) is 5.89. The molecule has 1 aliphatic carbocycles. The third-order valence-electron chi connectivity index (χ3n) is 2.94. The lowest BCUT2D eigenvalue weighted by Gasteiger charge is -2.12. The Morgan fingerprint density at radius 3 is 2.76 bits per heavy atom. The number of nitrogens with one attached hydrogen (secondary N) is 1. The van der Waals surface area contributed by atoms with E-state index in [2.05, 4.69) is 5.32 Å². The van der Waals surface area contributed by atoms with E-state index in [0.29, 0.717) is 6.42 Å². The number of amides is 1. The lowest BCUT2D eigenvalue weighted by atomic mass is 10.2. The van der Waals surface area contributed by atoms with Crippen molar-refractivity contribution in [3.8, 4) is 0 Å². The number of aliphatic hydroxyl groups is 1. The molecular formula is C13H17NO3. The standard InChI is InChI=1S/C13H17NO3/c15-12-7-6-11(8-12)14-13(16)17-9-10-4-2-1-3-5-10/h1-5,11-12,15H,6-9H2,(H,14,16)/t11-,12?/m0/s1. The van der Waals surface area contributed by atoms with E-state index < -0.39 is 6.09 Å². The van der Waals surface area contributed by atoms with Crippen molar-refractivity contribution in [2.45, 2.75) is 38.0 Å². The van der Waals surface area contributed by atoms with Crippen LogP contribution in [-0.4, -0.2) is 23.3 Å². The quantitative estimate of drug-likeness (QED) is 0.840. The van der Waals surface area contributed by atoms with Gasteiger partial charge in [0.2, 0.25) is 0 Å². The maximum absolute atomic E-state index is 11.5. The van der Waals surface area contributed by atoms with Gasteiger partial charge in [0.15, 0.2) is 0 Å². The number of rotatable bonds is 3. The van der Waals surface area contributed by atoms with Gasteiger partial charge in [0, 0.05) is 6.04 Å². The minimum atomic E-state index is -0.409. The van der Waals surface area contributed by atoms with Gasteiger partial charge in [0.1, 0.15) is 6.61 Å². The van der Waals surface area contributed by atoms with Crippen LogP contribution in [0, 0.1) is 0 Å². The fourth-order valence-electron chi connectivity index (χ4n) is 2.02. The Hall–Kier alpha value is -1.55. The average molecular weight is 235 g/mol. The summed E-state index contributed by atoms with van der Waals surface area (Å²) < 4.78 is 5.09. The van der Waals surface area contributed by atoms with Gasteiger partial charge >= 0.3 is 6.09 Å². The van der Waals surface area contributed by atoms with Crippen LogP contribution in [0.25, 0.3) is 0 Å². The molecule has 1 aromatic carbocycles. The smallest absolute Gasteiger partial charge is 0.407 e. The van der Waals surface area contributed by atoms with Crippen molar-refractivity contribution in [2.75, 3.05) is 0 Å². The first kappa shape index (κ1) is 11.9. The topological polar surface area (TPSA) is 58.6 Å². The predicted molar refractivity (Wildman–Crippen MR) is 63.4 cm³/mol. The number of carbonyl (C=O) groups is 1. The SMILES string of the molecule is O=C(N[C@H]1CCC(O)C1)OCc1ccccc1. The van der Waals surface area contributed by atoms with E-state index in [0.717, 1.165) is 18.4 Å². The molecule has 2 rings (SSSR count). The highest BCUT2D eigenvalue weighted by molar-refractivity contribution is 5.67. The zero-order valence-corrected chi connectivity index (χ0v) is 9.63. The summed E-state index contributed by atoms with van der Waals surface area (Å²) in [6.07, 6.45) is 1.51. The molecule has 0 aromatic heterocycles. The van der Waals surface area contributed by atoms with Crippen LogP contribution in [0.5, 0.6) is 0 Å². The normalized spacial score (nSPS) is 23.4. The van der Waals surface area contributed by atoms with Gasteiger partial charge in [0.25, 0.3) is 0 Å². The molecule has 1 aromatic rings. The summed E-state index contributed by atoms with van der Waals surface area (Å²) in [4.78, 5) is 11.5. The number of benzene rings is 1. The molecule has 92 valence electrons. The fraction of sp³-hybridized carbons (Fsp3) is 0.462. The lowest BCUT2D eigenvalue weighted by Crippen LogP contribution is -2.33. The molecule has 1 amide bonds. The van der Waals surface area contributed by atoms with Gasteiger partial charge in [-0.1, -0.05) is 30.3 Å². The van der Waals surface area contributed by atoms with Crippen LogP contribution in [0.3, 0.4) is 0 Å². The highest BCUT2D eigenvalue weighted by atomic mass is 16.5. The largest absolute Gasteiger partial charge is 0.445 e. The van der Waals surface area contributed by atoms with Crippen LogP contribution in [0.1, 0.15) is 24.8 Å². The van der Waals surface area contributed by atoms with Gasteiger partial charge in [0.05, 0.1) is 6.10 Å². The number of carbonyl (C=O) groups excluding carboxylic acids is 1. The van der Waals surface area contributed by atoms with Crippen LogP contribution < -0.4 is 5.32 Å². The van der Waals surface area contributed by atoms with Crippen molar-refractivity contribution >= 4 is 6.09 Å². The maximum atomic E-state index is 11.5. The summed E-state index contributed by atoms with van der Waals surface area (Å²) in [7, 11) is 0. The Labute approximate surface area is 101 Å². The van der Waals surface area contributed by atoms with E-state index in [4.69, 9.17) is 4.74 Å². The molecule has 1 saturated carbocycles. The maximum Gasteiger partial charge on any atom is 0.407 e. The lowest BCUT2D eigenvalue weighted by molar-refractivity contribution is 0.134. The van der Waals surface area contributed by atoms with E-state index in [9.17, 15) is 9.90 Å². The molecule has 0 saturated heterocycles. The van der Waals surface area contributed by atoms with Gasteiger partial charge in [-0.2, -0.15) is 0 Å². The van der Waals surface area contributed by atoms with Gasteiger partial charge in [-0.15, -0.1) is 0 Å². The molecule has 0 bridgehead atoms. The zero-order valence-electron chi connectivity index (χ0n) is 9.63. The van der Waals surface area contributed by atoms with Crippen molar-refractivity contribution < 1.29 is 14.6 Å². The molecule has 4 heteroatoms. The molecule has 0 spiro atoms. The van der Waals surface area contributed by atoms with Gasteiger partial charge in [-0.25, -0.2) is 4.79 Å². The summed E-state index contributed by atoms with van der Waals surface area (Å²) in [5, 5.41) is 12.1. The number of hydrogen-bond donors (Lipinski definition) is 2. The fourth-order valence-corrected chi connectivity index (χ4v) is 2.02. The Kier molecular flexibility index (Phi) is 3.98. The van der Waals surface area contributed by atoms with E-state index in [1.165, 1.54) is 0 Å². The molecular weight excluding hydrogens is 218 g/mol. The third-order valence-corrected chi connectivity index (χ3v) is 2.94. The highest BCUT2D eigenvalue weighted by Crippen LogP contribution is 2.18. The summed E-state index contributed by atoms with van der Waals surface area (Å²) >= 11 is 0. The van der Waals surface area contributed by atoms with Crippen LogP contribution in [0.15, 0.2) is 30.3 Å². The number of alkyl carbamates (subject to hydrolysis) is 1. The molecule has 1 unspecified atom stereocenters. The van der Waals surface area contributed by atoms with Crippen LogP contribution in [0.2, 0.25) is 0 Å². The summed E-state index contributed by atoms with van der Waals surface area (Å²) in [6, 6.07) is 9.60. The monoisotopic (exact) mass is 235 g/mol. The van der Waals surface area contributed by atoms with Crippen molar-refractivity contribution in [2.24, 2.45) is 0 Å². The van der Waals surface area contributed by atoms with Crippen molar-refractivity contribution in [1.29, 1.82) is 0 Å². The summed E-state index contributed by atoms with van der Waals surface area (Å²) in [5.74, 6) is 0. The van der Waals surface area contributed by atoms with Crippen molar-refractivity contribution in [3.05, 3.63) is 35.9 Å². The molecule has 1 fully saturated rings. The van der Waals surface area contributed by atoms with E-state index in [1.807, 2.05) is 30.3 Å². The van der Waals surface area contributed by atoms with E-state index in [1.54, 1.807) is 0 Å². The van der Waals surface area contributed by atoms with Crippen LogP contribution >= 0.6 is 0 Å². The Morgan fingerprint density at radius 1 is 1.35 bits per heavy atom. The highest BCUT2D eigenvalue weighted by Gasteiger charge is 2.24. The number of aliphatic hydroxyl groups excluding tert-OH is 1. The molecule has 0 aliphatic heterocycles. The first-order valence-corrected chi connectivity index (χ1v) is 5.89. The number of hydrogen-bond acceptors (Lipinski definition) is 3. The van der Waals surface area contributed by atoms with Gasteiger partial charge < -0.3 is 15.2 Å². The van der Waals surface area contributed by atoms with Gasteiger partial charge in [-0.3, -0.25) is 0 Å². The first-order chi connectivity index (χ1) is 8.24. The van der Waals surface area contributed by atoms with E-state index in [-0.39, 0.29) is 18.8 Å². The second-order valence-corrected chi connectivity index (χ2v) is 4.37. The molecule has 2 atom stereocenters. The molecule has 1 aliphatic rings. The van der Waals surface area contributed by atoms with E-state index >= 15 is 0 Å². The molecule has 17 heavy (non-hydrogen) atoms.